The molecule has 2 atom stereocenters. The molecule has 1 aromatic carbocycles. The molecule has 130 valence electrons. The Morgan fingerprint density at radius 1 is 1.36 bits per heavy atom. The van der Waals surface area contributed by atoms with E-state index in [4.69, 9.17) is 15.2 Å². The molecule has 2 aromatic rings. The van der Waals surface area contributed by atoms with Crippen LogP contribution in [0.3, 0.4) is 0 Å². The second-order valence-electron chi connectivity index (χ2n) is 6.88. The molecule has 0 saturated heterocycles. The zero-order chi connectivity index (χ0) is 18.0. The summed E-state index contributed by atoms with van der Waals surface area (Å²) in [5, 5.41) is 9.51. The number of hydrogen-bond donors (Lipinski definition) is 1. The highest BCUT2D eigenvalue weighted by Crippen LogP contribution is 2.44. The number of nitriles is 1. The molecule has 2 heterocycles. The third-order valence-corrected chi connectivity index (χ3v) is 4.32. The highest BCUT2D eigenvalue weighted by atomic mass is 16.5. The summed E-state index contributed by atoms with van der Waals surface area (Å²) >= 11 is 0. The molecule has 25 heavy (non-hydrogen) atoms. The van der Waals surface area contributed by atoms with Crippen molar-refractivity contribution in [1.82, 2.24) is 4.98 Å². The van der Waals surface area contributed by atoms with Crippen molar-refractivity contribution in [2.45, 2.75) is 39.3 Å². The number of ether oxygens (including phenoxy) is 2. The van der Waals surface area contributed by atoms with Gasteiger partial charge in [-0.1, -0.05) is 13.8 Å². The van der Waals surface area contributed by atoms with E-state index >= 15 is 0 Å². The van der Waals surface area contributed by atoms with Gasteiger partial charge >= 0.3 is 0 Å². The zero-order valence-corrected chi connectivity index (χ0v) is 14.8. The van der Waals surface area contributed by atoms with Gasteiger partial charge < -0.3 is 15.2 Å². The number of rotatable bonds is 5. The normalized spacial score (nSPS) is 16.4. The molecule has 0 radical (unpaired) electrons. The Hall–Kier alpha value is -2.58. The van der Waals surface area contributed by atoms with Gasteiger partial charge in [-0.15, -0.1) is 0 Å². The van der Waals surface area contributed by atoms with E-state index in [0.29, 0.717) is 29.6 Å². The predicted octanol–water partition coefficient (Wildman–Crippen LogP) is 3.83. The van der Waals surface area contributed by atoms with E-state index < -0.39 is 0 Å². The maximum Gasteiger partial charge on any atom is 0.140 e. The monoisotopic (exact) mass is 337 g/mol. The Balaban J connectivity index is 1.91. The first-order valence-corrected chi connectivity index (χ1v) is 8.57. The van der Waals surface area contributed by atoms with E-state index in [2.05, 4.69) is 24.9 Å². The van der Waals surface area contributed by atoms with Gasteiger partial charge in [0.2, 0.25) is 0 Å². The fraction of sp³-hybridized carbons (Fsp3) is 0.400. The minimum Gasteiger partial charge on any atom is -0.490 e. The van der Waals surface area contributed by atoms with E-state index in [1.54, 1.807) is 12.3 Å². The lowest BCUT2D eigenvalue weighted by atomic mass is 9.94. The molecule has 0 spiro atoms. The summed E-state index contributed by atoms with van der Waals surface area (Å²) in [6, 6.07) is 7.70. The van der Waals surface area contributed by atoms with Crippen LogP contribution < -0.4 is 15.2 Å². The van der Waals surface area contributed by atoms with Crippen LogP contribution in [0.5, 0.6) is 11.5 Å². The summed E-state index contributed by atoms with van der Waals surface area (Å²) in [7, 11) is 0. The lowest BCUT2D eigenvalue weighted by molar-refractivity contribution is 0.220. The quantitative estimate of drug-likeness (QED) is 0.897. The van der Waals surface area contributed by atoms with Crippen LogP contribution >= 0.6 is 0 Å². The highest BCUT2D eigenvalue weighted by molar-refractivity contribution is 5.78. The Kier molecular flexibility index (Phi) is 4.91. The maximum atomic E-state index is 9.51. The molecule has 1 aliphatic rings. The van der Waals surface area contributed by atoms with Gasteiger partial charge in [0, 0.05) is 41.2 Å². The molecule has 1 aromatic heterocycles. The number of nitrogens with zero attached hydrogens (tertiary/aromatic N) is 2. The Bertz CT molecular complexity index is 811. The van der Waals surface area contributed by atoms with Crippen molar-refractivity contribution >= 4 is 0 Å². The first-order chi connectivity index (χ1) is 12.0. The molecule has 1 unspecified atom stereocenters. The third kappa shape index (κ3) is 3.59. The van der Waals surface area contributed by atoms with Gasteiger partial charge in [-0.2, -0.15) is 5.26 Å². The van der Waals surface area contributed by atoms with Gasteiger partial charge in [-0.25, -0.2) is 0 Å². The van der Waals surface area contributed by atoms with E-state index in [0.717, 1.165) is 23.1 Å². The average Bonchev–Trinajstić information content (AvgIpc) is 2.59. The fourth-order valence-electron chi connectivity index (χ4n) is 3.18. The number of hydrogen-bond acceptors (Lipinski definition) is 5. The zero-order valence-electron chi connectivity index (χ0n) is 14.8. The second kappa shape index (κ2) is 7.12. The minimum absolute atomic E-state index is 0.0626. The van der Waals surface area contributed by atoms with E-state index in [1.807, 2.05) is 25.3 Å². The topological polar surface area (TPSA) is 81.2 Å². The van der Waals surface area contributed by atoms with Crippen LogP contribution in [-0.2, 0) is 0 Å². The third-order valence-electron chi connectivity index (χ3n) is 4.32. The summed E-state index contributed by atoms with van der Waals surface area (Å²) in [5.41, 5.74) is 9.50. The van der Waals surface area contributed by atoms with Crippen LogP contribution in [0.4, 0.5) is 0 Å². The van der Waals surface area contributed by atoms with Crippen molar-refractivity contribution in [3.63, 3.8) is 0 Å². The average molecular weight is 337 g/mol. The number of pyridine rings is 1. The van der Waals surface area contributed by atoms with Crippen molar-refractivity contribution < 1.29 is 9.47 Å². The van der Waals surface area contributed by atoms with Gasteiger partial charge in [0.25, 0.3) is 0 Å². The number of nitrogens with two attached hydrogens (primary N) is 1. The summed E-state index contributed by atoms with van der Waals surface area (Å²) in [6.07, 6.45) is 4.37. The van der Waals surface area contributed by atoms with Crippen LogP contribution in [-0.4, -0.2) is 17.6 Å². The maximum absolute atomic E-state index is 9.51. The van der Waals surface area contributed by atoms with Crippen LogP contribution in [0.25, 0.3) is 11.1 Å². The fourth-order valence-corrected chi connectivity index (χ4v) is 3.18. The number of aromatic nitrogens is 1. The van der Waals surface area contributed by atoms with Crippen molar-refractivity contribution in [3.05, 3.63) is 41.7 Å². The van der Waals surface area contributed by atoms with Gasteiger partial charge in [0.15, 0.2) is 0 Å². The van der Waals surface area contributed by atoms with E-state index in [-0.39, 0.29) is 12.1 Å². The smallest absolute Gasteiger partial charge is 0.140 e. The molecule has 0 fully saturated rings. The molecule has 5 heteroatoms. The lowest BCUT2D eigenvalue weighted by Crippen LogP contribution is -2.29. The molecule has 0 amide bonds. The molecule has 0 aliphatic carbocycles. The Morgan fingerprint density at radius 2 is 2.16 bits per heavy atom. The second-order valence-corrected chi connectivity index (χ2v) is 6.88. The first-order valence-electron chi connectivity index (χ1n) is 8.57. The molecular formula is C20H23N3O2. The van der Waals surface area contributed by atoms with Gasteiger partial charge in [0.05, 0.1) is 5.56 Å². The van der Waals surface area contributed by atoms with Gasteiger partial charge in [0.1, 0.15) is 30.3 Å². The Morgan fingerprint density at radius 3 is 2.88 bits per heavy atom. The lowest BCUT2D eigenvalue weighted by Gasteiger charge is -2.27. The van der Waals surface area contributed by atoms with Crippen molar-refractivity contribution in [2.75, 3.05) is 6.61 Å². The predicted molar refractivity (Wildman–Crippen MR) is 96.4 cm³/mol. The molecule has 5 nitrogen and oxygen atoms in total. The molecule has 1 aliphatic heterocycles. The highest BCUT2D eigenvalue weighted by Gasteiger charge is 2.25. The molecule has 3 rings (SSSR count). The van der Waals surface area contributed by atoms with E-state index in [9.17, 15) is 5.26 Å². The molecule has 2 N–H and O–H groups in total. The SMILES string of the molecule is CC(C)C[C@@H](N)COc1cc2c(cc1C#N)-c1cnccc1C(C)O2. The summed E-state index contributed by atoms with van der Waals surface area (Å²) in [5.74, 6) is 1.73. The molecule has 0 saturated carbocycles. The first kappa shape index (κ1) is 17.2. The standard InChI is InChI=1S/C20H23N3O2/c1-12(2)6-15(22)11-24-19-8-20-17(7-14(19)9-21)18-10-23-5-4-16(18)13(3)25-20/h4-5,7-8,10,12-13,15H,6,11,22H2,1-3H3/t13?,15-/m1/s1. The Labute approximate surface area is 148 Å². The largest absolute Gasteiger partial charge is 0.490 e. The van der Waals surface area contributed by atoms with Crippen LogP contribution in [0.1, 0.15) is 44.4 Å². The van der Waals surface area contributed by atoms with Gasteiger partial charge in [-0.3, -0.25) is 4.98 Å². The van der Waals surface area contributed by atoms with Crippen LogP contribution in [0.2, 0.25) is 0 Å². The minimum atomic E-state index is -0.0746. The number of benzene rings is 1. The van der Waals surface area contributed by atoms with Gasteiger partial charge in [-0.05, 0) is 31.4 Å². The summed E-state index contributed by atoms with van der Waals surface area (Å²) in [6.45, 7) is 6.62. The van der Waals surface area contributed by atoms with Crippen molar-refractivity contribution in [2.24, 2.45) is 11.7 Å². The van der Waals surface area contributed by atoms with Crippen molar-refractivity contribution in [3.8, 4) is 28.7 Å². The molecule has 0 bridgehead atoms. The van der Waals surface area contributed by atoms with Crippen LogP contribution in [0, 0.1) is 17.2 Å². The van der Waals surface area contributed by atoms with E-state index in [1.165, 1.54) is 0 Å². The summed E-state index contributed by atoms with van der Waals surface area (Å²) < 4.78 is 11.9. The molecular weight excluding hydrogens is 314 g/mol. The van der Waals surface area contributed by atoms with Crippen LogP contribution in [0.15, 0.2) is 30.6 Å². The van der Waals surface area contributed by atoms with Crippen molar-refractivity contribution in [1.29, 1.82) is 5.26 Å². The number of fused-ring (bicyclic) bond motifs is 3. The summed E-state index contributed by atoms with van der Waals surface area (Å²) in [4.78, 5) is 4.21.